The van der Waals surface area contributed by atoms with Crippen molar-refractivity contribution in [3.63, 3.8) is 0 Å². The number of sulfone groups is 1. The van der Waals surface area contributed by atoms with E-state index in [-0.39, 0.29) is 31.0 Å². The van der Waals surface area contributed by atoms with Gasteiger partial charge in [-0.2, -0.15) is 0 Å². The number of aromatic nitrogens is 2. The second kappa shape index (κ2) is 13.2. The summed E-state index contributed by atoms with van der Waals surface area (Å²) in [5.41, 5.74) is 3.70. The van der Waals surface area contributed by atoms with Crippen molar-refractivity contribution in [1.29, 1.82) is 0 Å². The van der Waals surface area contributed by atoms with Crippen molar-refractivity contribution < 1.29 is 32.3 Å². The minimum atomic E-state index is -4.08. The van der Waals surface area contributed by atoms with Gasteiger partial charge in [0.1, 0.15) is 5.75 Å². The number of unbranched alkanes of at least 4 members (excludes halogenated alkanes) is 2. The molecule has 0 radical (unpaired) electrons. The number of ether oxygens (including phenoxy) is 2. The molecular formula is C28H35N3O7S. The van der Waals surface area contributed by atoms with Crippen LogP contribution >= 0.6 is 0 Å². The number of carbonyl (C=O) groups excluding carboxylic acids is 1. The minimum absolute atomic E-state index is 0.0206. The molecule has 1 aliphatic heterocycles. The van der Waals surface area contributed by atoms with E-state index in [9.17, 15) is 18.4 Å². The first kappa shape index (κ1) is 28.7. The van der Waals surface area contributed by atoms with Crippen LogP contribution in [0.25, 0.3) is 11.5 Å². The Bertz CT molecular complexity index is 1320. The lowest BCUT2D eigenvalue weighted by molar-refractivity contribution is -0.134. The van der Waals surface area contributed by atoms with Crippen LogP contribution in [0.1, 0.15) is 56.9 Å². The highest BCUT2D eigenvalue weighted by Gasteiger charge is 2.52. The zero-order valence-electron chi connectivity index (χ0n) is 22.1. The number of hydrogen-bond acceptors (Lipinski definition) is 9. The standard InChI is InChI=1S/C28H35N3O7S/c1-2-3-4-6-21-8-10-22(11-9-21)26-30-29-25(38-26)7-5-18-37-23-12-14-24(15-13-23)39(34,35)28(27(32)31-33)16-19-36-20-17-28/h8-15,33H,2-7,16-20H2,1H3,(H,31,32). The van der Waals surface area contributed by atoms with Crippen LogP contribution in [0, 0.1) is 0 Å². The van der Waals surface area contributed by atoms with Gasteiger partial charge in [0.05, 0.1) is 11.5 Å². The first-order valence-electron chi connectivity index (χ1n) is 13.3. The Labute approximate surface area is 228 Å². The van der Waals surface area contributed by atoms with Crippen molar-refractivity contribution in [2.75, 3.05) is 19.8 Å². The van der Waals surface area contributed by atoms with Gasteiger partial charge >= 0.3 is 0 Å². The molecule has 1 aromatic heterocycles. The Morgan fingerprint density at radius 2 is 1.72 bits per heavy atom. The Hall–Kier alpha value is -3.28. The van der Waals surface area contributed by atoms with E-state index in [4.69, 9.17) is 13.9 Å². The first-order valence-corrected chi connectivity index (χ1v) is 14.8. The maximum Gasteiger partial charge on any atom is 0.265 e. The lowest BCUT2D eigenvalue weighted by atomic mass is 9.98. The highest BCUT2D eigenvalue weighted by atomic mass is 32.2. The third-order valence-electron chi connectivity index (χ3n) is 7.00. The molecule has 1 aliphatic rings. The van der Waals surface area contributed by atoms with Crippen LogP contribution in [0.5, 0.6) is 5.75 Å². The van der Waals surface area contributed by atoms with Crippen molar-refractivity contribution in [2.45, 2.75) is 67.9 Å². The first-order chi connectivity index (χ1) is 18.9. The molecule has 2 N–H and O–H groups in total. The average molecular weight is 558 g/mol. The lowest BCUT2D eigenvalue weighted by Crippen LogP contribution is -2.54. The predicted octanol–water partition coefficient (Wildman–Crippen LogP) is 4.31. The van der Waals surface area contributed by atoms with Crippen molar-refractivity contribution in [3.8, 4) is 17.2 Å². The van der Waals surface area contributed by atoms with Crippen LogP contribution in [0.2, 0.25) is 0 Å². The Morgan fingerprint density at radius 3 is 2.38 bits per heavy atom. The van der Waals surface area contributed by atoms with Gasteiger partial charge in [0.25, 0.3) is 5.91 Å². The minimum Gasteiger partial charge on any atom is -0.494 e. The summed E-state index contributed by atoms with van der Waals surface area (Å²) in [4.78, 5) is 12.3. The largest absolute Gasteiger partial charge is 0.494 e. The molecule has 11 heteroatoms. The van der Waals surface area contributed by atoms with E-state index in [0.717, 1.165) is 12.0 Å². The van der Waals surface area contributed by atoms with Crippen LogP contribution in [0.4, 0.5) is 0 Å². The molecule has 4 rings (SSSR count). The van der Waals surface area contributed by atoms with E-state index in [1.807, 2.05) is 12.1 Å². The molecule has 0 unspecified atom stereocenters. The zero-order chi connectivity index (χ0) is 27.7. The molecule has 1 fully saturated rings. The Balaban J connectivity index is 1.28. The molecule has 0 aliphatic carbocycles. The number of benzene rings is 2. The van der Waals surface area contributed by atoms with E-state index in [2.05, 4.69) is 29.3 Å². The van der Waals surface area contributed by atoms with Crippen LogP contribution in [-0.4, -0.2) is 54.3 Å². The molecule has 210 valence electrons. The summed E-state index contributed by atoms with van der Waals surface area (Å²) in [6.07, 6.45) is 5.77. The van der Waals surface area contributed by atoms with Crippen LogP contribution in [0.15, 0.2) is 57.8 Å². The van der Waals surface area contributed by atoms with Gasteiger partial charge in [-0.25, -0.2) is 13.9 Å². The number of rotatable bonds is 13. The van der Waals surface area contributed by atoms with Gasteiger partial charge in [0, 0.05) is 25.2 Å². The Morgan fingerprint density at radius 1 is 1.00 bits per heavy atom. The van der Waals surface area contributed by atoms with Crippen LogP contribution in [-0.2, 0) is 32.2 Å². The SMILES string of the molecule is CCCCCc1ccc(-c2nnc(CCCOc3ccc(S(=O)(=O)C4(C(=O)NO)CCOCC4)cc3)o2)cc1. The quantitative estimate of drug-likeness (QED) is 0.179. The number of amides is 1. The van der Waals surface area contributed by atoms with Gasteiger partial charge in [-0.05, 0) is 74.1 Å². The van der Waals surface area contributed by atoms with Crippen molar-refractivity contribution in [1.82, 2.24) is 15.7 Å². The average Bonchev–Trinajstić information content (AvgIpc) is 3.45. The summed E-state index contributed by atoms with van der Waals surface area (Å²) in [5, 5.41) is 17.5. The summed E-state index contributed by atoms with van der Waals surface area (Å²) in [5.74, 6) is 0.549. The van der Waals surface area contributed by atoms with Crippen LogP contribution < -0.4 is 10.2 Å². The van der Waals surface area contributed by atoms with E-state index < -0.39 is 20.5 Å². The Kier molecular flexibility index (Phi) is 9.71. The van der Waals surface area contributed by atoms with Gasteiger partial charge in [0.2, 0.25) is 11.8 Å². The van der Waals surface area contributed by atoms with Gasteiger partial charge in [0.15, 0.2) is 14.6 Å². The fourth-order valence-corrected chi connectivity index (χ4v) is 6.58. The molecule has 39 heavy (non-hydrogen) atoms. The van der Waals surface area contributed by atoms with E-state index in [1.54, 1.807) is 12.1 Å². The molecule has 0 saturated carbocycles. The second-order valence-corrected chi connectivity index (χ2v) is 11.9. The maximum atomic E-state index is 13.3. The second-order valence-electron chi connectivity index (χ2n) is 9.63. The van der Waals surface area contributed by atoms with E-state index in [1.165, 1.54) is 42.4 Å². The fraction of sp³-hybridized carbons (Fsp3) is 0.464. The van der Waals surface area contributed by atoms with Crippen molar-refractivity contribution in [2.24, 2.45) is 0 Å². The number of carbonyl (C=O) groups is 1. The molecule has 1 amide bonds. The number of nitrogens with zero attached hydrogens (tertiary/aromatic N) is 2. The molecule has 2 heterocycles. The number of nitrogens with one attached hydrogen (secondary N) is 1. The molecule has 3 aromatic rings. The molecular weight excluding hydrogens is 522 g/mol. The molecule has 10 nitrogen and oxygen atoms in total. The third-order valence-corrected chi connectivity index (χ3v) is 9.52. The summed E-state index contributed by atoms with van der Waals surface area (Å²) in [6, 6.07) is 14.1. The van der Waals surface area contributed by atoms with Gasteiger partial charge < -0.3 is 13.9 Å². The summed E-state index contributed by atoms with van der Waals surface area (Å²) >= 11 is 0. The molecule has 0 bridgehead atoms. The number of aryl methyl sites for hydroxylation is 2. The van der Waals surface area contributed by atoms with Crippen molar-refractivity contribution >= 4 is 15.7 Å². The van der Waals surface area contributed by atoms with Gasteiger partial charge in [-0.15, -0.1) is 10.2 Å². The maximum absolute atomic E-state index is 13.3. The summed E-state index contributed by atoms with van der Waals surface area (Å²) in [6.45, 7) is 2.79. The van der Waals surface area contributed by atoms with Gasteiger partial charge in [-0.1, -0.05) is 31.9 Å². The normalized spacial score (nSPS) is 15.1. The van der Waals surface area contributed by atoms with E-state index >= 15 is 0 Å². The highest BCUT2D eigenvalue weighted by molar-refractivity contribution is 7.93. The molecule has 0 atom stereocenters. The zero-order valence-corrected chi connectivity index (χ0v) is 22.9. The van der Waals surface area contributed by atoms with Crippen LogP contribution in [0.3, 0.4) is 0 Å². The highest BCUT2D eigenvalue weighted by Crippen LogP contribution is 2.35. The summed E-state index contributed by atoms with van der Waals surface area (Å²) in [7, 11) is -4.08. The summed E-state index contributed by atoms with van der Waals surface area (Å²) < 4.78 is 41.7. The third kappa shape index (κ3) is 6.66. The van der Waals surface area contributed by atoms with Crippen molar-refractivity contribution in [3.05, 3.63) is 60.0 Å². The number of hydroxylamine groups is 1. The lowest BCUT2D eigenvalue weighted by Gasteiger charge is -2.34. The molecule has 0 spiro atoms. The smallest absolute Gasteiger partial charge is 0.265 e. The number of hydrogen-bond donors (Lipinski definition) is 2. The fourth-order valence-electron chi connectivity index (χ4n) is 4.64. The van der Waals surface area contributed by atoms with E-state index in [0.29, 0.717) is 37.0 Å². The monoisotopic (exact) mass is 557 g/mol. The topological polar surface area (TPSA) is 141 Å². The van der Waals surface area contributed by atoms with Gasteiger partial charge in [-0.3, -0.25) is 10.0 Å². The molecule has 1 saturated heterocycles. The molecule has 2 aromatic carbocycles. The predicted molar refractivity (Wildman–Crippen MR) is 143 cm³/mol.